The lowest BCUT2D eigenvalue weighted by molar-refractivity contribution is -0.384. The van der Waals surface area contributed by atoms with Gasteiger partial charge < -0.3 is 4.74 Å². The van der Waals surface area contributed by atoms with Crippen molar-refractivity contribution in [1.29, 1.82) is 0 Å². The summed E-state index contributed by atoms with van der Waals surface area (Å²) in [6.07, 6.45) is 0. The number of nitrogens with zero attached hydrogens (tertiary/aromatic N) is 4. The second-order valence-corrected chi connectivity index (χ2v) is 7.02. The molecular weight excluding hydrogens is 408 g/mol. The van der Waals surface area contributed by atoms with Gasteiger partial charge in [-0.25, -0.2) is 9.78 Å². The molecule has 4 rings (SSSR count). The number of rotatable bonds is 4. The summed E-state index contributed by atoms with van der Waals surface area (Å²) in [5.74, 6) is 0.0213. The summed E-state index contributed by atoms with van der Waals surface area (Å²) in [5.41, 5.74) is 3.00. The quantitative estimate of drug-likeness (QED) is 0.353. The van der Waals surface area contributed by atoms with Gasteiger partial charge in [0, 0.05) is 28.3 Å². The summed E-state index contributed by atoms with van der Waals surface area (Å²) in [7, 11) is 0. The van der Waals surface area contributed by atoms with Gasteiger partial charge in [0.15, 0.2) is 5.69 Å². The first-order valence-corrected chi connectivity index (χ1v) is 9.64. The van der Waals surface area contributed by atoms with Gasteiger partial charge in [-0.1, -0.05) is 29.8 Å². The molecule has 2 heterocycles. The molecule has 1 aromatic heterocycles. The molecule has 1 aliphatic rings. The van der Waals surface area contributed by atoms with Crippen LogP contribution in [0.2, 0.25) is 5.02 Å². The molecular formula is C21H17ClN4O4. The fourth-order valence-electron chi connectivity index (χ4n) is 3.55. The lowest BCUT2D eigenvalue weighted by Gasteiger charge is -2.13. The zero-order chi connectivity index (χ0) is 21.4. The third-order valence-corrected chi connectivity index (χ3v) is 5.14. The van der Waals surface area contributed by atoms with Gasteiger partial charge in [0.2, 0.25) is 0 Å². The first-order chi connectivity index (χ1) is 14.4. The van der Waals surface area contributed by atoms with Crippen LogP contribution < -0.4 is 0 Å². The number of halogens is 1. The zero-order valence-electron chi connectivity index (χ0n) is 16.3. The molecule has 152 valence electrons. The number of aryl methyl sites for hydroxylation is 1. The number of ether oxygens (including phenoxy) is 1. The normalized spacial score (nSPS) is 12.4. The number of imidazole rings is 1. The average molecular weight is 425 g/mol. The minimum absolute atomic E-state index is 0.0691. The lowest BCUT2D eigenvalue weighted by Crippen LogP contribution is -2.10. The van der Waals surface area contributed by atoms with Crippen LogP contribution in [0.15, 0.2) is 47.5 Å². The highest BCUT2D eigenvalue weighted by atomic mass is 35.5. The van der Waals surface area contributed by atoms with E-state index in [1.807, 2.05) is 12.1 Å². The Labute approximate surface area is 176 Å². The van der Waals surface area contributed by atoms with Gasteiger partial charge in [-0.3, -0.25) is 19.7 Å². The van der Waals surface area contributed by atoms with E-state index in [9.17, 15) is 14.9 Å². The molecule has 0 bridgehead atoms. The maximum atomic E-state index is 12.4. The molecule has 9 heteroatoms. The number of nitro groups is 1. The Kier molecular flexibility index (Phi) is 5.09. The van der Waals surface area contributed by atoms with Gasteiger partial charge in [-0.05, 0) is 26.0 Å². The molecule has 8 nitrogen and oxygen atoms in total. The van der Waals surface area contributed by atoms with E-state index in [4.69, 9.17) is 21.3 Å². The van der Waals surface area contributed by atoms with E-state index in [1.165, 1.54) is 12.1 Å². The molecule has 0 spiro atoms. The molecule has 30 heavy (non-hydrogen) atoms. The Balaban J connectivity index is 2.01. The van der Waals surface area contributed by atoms with E-state index in [1.54, 1.807) is 36.6 Å². The number of hydrogen-bond donors (Lipinski definition) is 0. The number of non-ortho nitro benzene ring substituents is 1. The Bertz CT molecular complexity index is 1220. The molecule has 1 aliphatic heterocycles. The first kappa shape index (κ1) is 19.8. The van der Waals surface area contributed by atoms with Crippen molar-refractivity contribution >= 4 is 29.0 Å². The minimum Gasteiger partial charge on any atom is -0.461 e. The van der Waals surface area contributed by atoms with Crippen molar-refractivity contribution in [3.05, 3.63) is 85.9 Å². The number of nitro benzene ring substituents is 1. The van der Waals surface area contributed by atoms with Crippen molar-refractivity contribution in [2.24, 2.45) is 4.99 Å². The van der Waals surface area contributed by atoms with Crippen molar-refractivity contribution < 1.29 is 14.5 Å². The number of aliphatic imine (C=N–C) groups is 1. The predicted octanol–water partition coefficient (Wildman–Crippen LogP) is 4.27. The Morgan fingerprint density at radius 3 is 2.73 bits per heavy atom. The van der Waals surface area contributed by atoms with Crippen LogP contribution in [0.1, 0.15) is 40.1 Å². The molecule has 0 saturated heterocycles. The maximum absolute atomic E-state index is 12.4. The molecule has 0 atom stereocenters. The van der Waals surface area contributed by atoms with Crippen molar-refractivity contribution in [3.63, 3.8) is 0 Å². The summed E-state index contributed by atoms with van der Waals surface area (Å²) in [6.45, 7) is 3.85. The van der Waals surface area contributed by atoms with E-state index in [2.05, 4.69) is 4.98 Å². The Hall–Kier alpha value is -3.52. The second-order valence-electron chi connectivity index (χ2n) is 6.61. The van der Waals surface area contributed by atoms with Crippen LogP contribution in [-0.2, 0) is 11.3 Å². The number of carbonyl (C=O) groups excluding carboxylic acids is 1. The lowest BCUT2D eigenvalue weighted by atomic mass is 9.99. The van der Waals surface area contributed by atoms with E-state index >= 15 is 0 Å². The number of fused-ring (bicyclic) bond motifs is 3. The summed E-state index contributed by atoms with van der Waals surface area (Å²) in [5, 5.41) is 11.9. The first-order valence-electron chi connectivity index (χ1n) is 9.26. The molecule has 0 unspecified atom stereocenters. The number of aromatic nitrogens is 2. The fourth-order valence-corrected chi connectivity index (χ4v) is 3.78. The van der Waals surface area contributed by atoms with Crippen LogP contribution in [-0.4, -0.2) is 32.8 Å². The monoisotopic (exact) mass is 424 g/mol. The van der Waals surface area contributed by atoms with Crippen LogP contribution in [0.5, 0.6) is 0 Å². The van der Waals surface area contributed by atoms with Crippen LogP contribution in [0.3, 0.4) is 0 Å². The number of hydrogen-bond acceptors (Lipinski definition) is 6. The largest absolute Gasteiger partial charge is 0.461 e. The van der Waals surface area contributed by atoms with Gasteiger partial charge >= 0.3 is 5.97 Å². The summed E-state index contributed by atoms with van der Waals surface area (Å²) in [4.78, 5) is 32.5. The zero-order valence-corrected chi connectivity index (χ0v) is 17.0. The molecule has 0 amide bonds. The third kappa shape index (κ3) is 3.25. The fraction of sp³-hybridized carbons (Fsp3) is 0.190. The van der Waals surface area contributed by atoms with Gasteiger partial charge in [0.1, 0.15) is 5.82 Å². The smallest absolute Gasteiger partial charge is 0.358 e. The topological polar surface area (TPSA) is 99.6 Å². The number of benzene rings is 2. The SMILES string of the molecule is CCOC(=O)c1nc(C)n2c1CN=C(c1ccccc1Cl)c1cc([N+](=O)[O-])ccc1-2. The van der Waals surface area contributed by atoms with Gasteiger partial charge in [-0.15, -0.1) is 0 Å². The maximum Gasteiger partial charge on any atom is 0.358 e. The molecule has 0 aliphatic carbocycles. The molecule has 2 aromatic carbocycles. The second kappa shape index (κ2) is 7.72. The average Bonchev–Trinajstić information content (AvgIpc) is 2.95. The van der Waals surface area contributed by atoms with E-state index in [0.717, 1.165) is 0 Å². The minimum atomic E-state index is -0.533. The standard InChI is InChI=1S/C21H17ClN4O4/c1-3-30-21(27)20-18-11-23-19(14-6-4-5-7-16(14)22)15-10-13(26(28)29)8-9-17(15)25(18)12(2)24-20/h4-10H,3,11H2,1-2H3. The highest BCUT2D eigenvalue weighted by Crippen LogP contribution is 2.32. The Morgan fingerprint density at radius 1 is 1.27 bits per heavy atom. The molecule has 0 N–H and O–H groups in total. The number of carbonyl (C=O) groups is 1. The van der Waals surface area contributed by atoms with E-state index in [0.29, 0.717) is 39.1 Å². The highest BCUT2D eigenvalue weighted by molar-refractivity contribution is 6.35. The molecule has 0 radical (unpaired) electrons. The summed E-state index contributed by atoms with van der Waals surface area (Å²) >= 11 is 6.41. The summed E-state index contributed by atoms with van der Waals surface area (Å²) in [6, 6.07) is 11.7. The van der Waals surface area contributed by atoms with Crippen LogP contribution in [0.25, 0.3) is 5.69 Å². The van der Waals surface area contributed by atoms with Crippen molar-refractivity contribution in [3.8, 4) is 5.69 Å². The molecule has 0 saturated carbocycles. The highest BCUT2D eigenvalue weighted by Gasteiger charge is 2.29. The van der Waals surface area contributed by atoms with Crippen molar-refractivity contribution in [2.75, 3.05) is 6.61 Å². The predicted molar refractivity (Wildman–Crippen MR) is 112 cm³/mol. The van der Waals surface area contributed by atoms with E-state index < -0.39 is 10.9 Å². The van der Waals surface area contributed by atoms with Gasteiger partial charge in [0.05, 0.1) is 35.2 Å². The van der Waals surface area contributed by atoms with E-state index in [-0.39, 0.29) is 24.5 Å². The molecule has 0 fully saturated rings. The van der Waals surface area contributed by atoms with Crippen LogP contribution in [0.4, 0.5) is 5.69 Å². The Morgan fingerprint density at radius 2 is 2.03 bits per heavy atom. The summed E-state index contributed by atoms with van der Waals surface area (Å²) < 4.78 is 6.93. The van der Waals surface area contributed by atoms with Crippen LogP contribution in [0, 0.1) is 17.0 Å². The van der Waals surface area contributed by atoms with Crippen molar-refractivity contribution in [1.82, 2.24) is 9.55 Å². The van der Waals surface area contributed by atoms with Gasteiger partial charge in [-0.2, -0.15) is 0 Å². The van der Waals surface area contributed by atoms with Crippen molar-refractivity contribution in [2.45, 2.75) is 20.4 Å². The van der Waals surface area contributed by atoms with Crippen LogP contribution >= 0.6 is 11.6 Å². The third-order valence-electron chi connectivity index (χ3n) is 4.81. The van der Waals surface area contributed by atoms with Gasteiger partial charge in [0.25, 0.3) is 5.69 Å². The number of esters is 1. The molecule has 3 aromatic rings.